The fraction of sp³-hybridized carbons (Fsp3) is 0.571. The van der Waals surface area contributed by atoms with E-state index in [-0.39, 0.29) is 16.1 Å². The fourth-order valence-electron chi connectivity index (χ4n) is 1.91. The molecule has 1 aromatic carbocycles. The zero-order valence-electron chi connectivity index (χ0n) is 12.9. The van der Waals surface area contributed by atoms with Crippen molar-refractivity contribution >= 4 is 10.0 Å². The Morgan fingerprint density at radius 3 is 2.20 bits per heavy atom. The lowest BCUT2D eigenvalue weighted by molar-refractivity contribution is 0.309. The Morgan fingerprint density at radius 1 is 1.15 bits per heavy atom. The van der Waals surface area contributed by atoms with Crippen molar-refractivity contribution in [1.82, 2.24) is 4.31 Å². The highest BCUT2D eigenvalue weighted by Crippen LogP contribution is 2.31. The normalized spacial score (nSPS) is 12.6. The molecule has 20 heavy (non-hydrogen) atoms. The largest absolute Gasteiger partial charge is 0.497 e. The average Bonchev–Trinajstić information content (AvgIpc) is 2.35. The summed E-state index contributed by atoms with van der Waals surface area (Å²) in [7, 11) is 0.951. The number of sulfonamides is 1. The lowest BCUT2D eigenvalue weighted by Crippen LogP contribution is -2.34. The predicted molar refractivity (Wildman–Crippen MR) is 78.8 cm³/mol. The summed E-state index contributed by atoms with van der Waals surface area (Å²) in [6.07, 6.45) is 0. The lowest BCUT2D eigenvalue weighted by Gasteiger charge is -2.26. The van der Waals surface area contributed by atoms with E-state index in [1.165, 1.54) is 24.6 Å². The van der Waals surface area contributed by atoms with E-state index < -0.39 is 10.0 Å². The van der Waals surface area contributed by atoms with Crippen LogP contribution in [0.5, 0.6) is 11.5 Å². The number of ether oxygens (including phenoxy) is 2. The van der Waals surface area contributed by atoms with Crippen molar-refractivity contribution in [2.45, 2.75) is 25.7 Å². The molecule has 0 spiro atoms. The molecule has 0 aliphatic heterocycles. The van der Waals surface area contributed by atoms with Crippen molar-refractivity contribution < 1.29 is 17.9 Å². The maximum absolute atomic E-state index is 12.6. The van der Waals surface area contributed by atoms with Crippen molar-refractivity contribution in [3.8, 4) is 11.5 Å². The van der Waals surface area contributed by atoms with Crippen LogP contribution in [0.25, 0.3) is 0 Å². The van der Waals surface area contributed by atoms with Gasteiger partial charge in [-0.3, -0.25) is 0 Å². The van der Waals surface area contributed by atoms with Crippen molar-refractivity contribution in [1.29, 1.82) is 0 Å². The number of nitrogens with zero attached hydrogens (tertiary/aromatic N) is 1. The van der Waals surface area contributed by atoms with Crippen LogP contribution in [0, 0.1) is 5.41 Å². The quantitative estimate of drug-likeness (QED) is 0.838. The molecule has 6 heteroatoms. The second-order valence-electron chi connectivity index (χ2n) is 5.84. The molecule has 0 aliphatic rings. The number of benzene rings is 1. The van der Waals surface area contributed by atoms with Crippen LogP contribution in [0.1, 0.15) is 20.8 Å². The van der Waals surface area contributed by atoms with Crippen LogP contribution in [-0.2, 0) is 10.0 Å². The Labute approximate surface area is 121 Å². The molecular weight excluding hydrogens is 278 g/mol. The van der Waals surface area contributed by atoms with Gasteiger partial charge in [-0.15, -0.1) is 0 Å². The third-order valence-corrected chi connectivity index (χ3v) is 4.60. The van der Waals surface area contributed by atoms with Crippen molar-refractivity contribution in [3.05, 3.63) is 18.2 Å². The molecule has 0 heterocycles. The van der Waals surface area contributed by atoms with Crippen molar-refractivity contribution in [2.75, 3.05) is 27.8 Å². The van der Waals surface area contributed by atoms with Crippen molar-refractivity contribution in [2.24, 2.45) is 5.41 Å². The molecule has 5 nitrogen and oxygen atoms in total. The molecule has 0 bridgehead atoms. The van der Waals surface area contributed by atoms with Crippen molar-refractivity contribution in [3.63, 3.8) is 0 Å². The first kappa shape index (κ1) is 16.8. The number of hydrogen-bond donors (Lipinski definition) is 0. The summed E-state index contributed by atoms with van der Waals surface area (Å²) in [5.41, 5.74) is -0.123. The van der Waals surface area contributed by atoms with Gasteiger partial charge in [0.25, 0.3) is 0 Å². The SMILES string of the molecule is COc1ccc(S(=O)(=O)N(C)CC(C)(C)C)c(OC)c1. The zero-order valence-corrected chi connectivity index (χ0v) is 13.7. The van der Waals surface area contributed by atoms with E-state index in [4.69, 9.17) is 9.47 Å². The minimum absolute atomic E-state index is 0.123. The first-order valence-electron chi connectivity index (χ1n) is 6.30. The van der Waals surface area contributed by atoms with Gasteiger partial charge in [0.2, 0.25) is 10.0 Å². The third kappa shape index (κ3) is 3.86. The summed E-state index contributed by atoms with van der Waals surface area (Å²) in [4.78, 5) is 0.146. The maximum Gasteiger partial charge on any atom is 0.246 e. The van der Waals surface area contributed by atoms with Gasteiger partial charge < -0.3 is 9.47 Å². The Balaban J connectivity index is 3.21. The van der Waals surface area contributed by atoms with Gasteiger partial charge in [0.15, 0.2) is 0 Å². The second-order valence-corrected chi connectivity index (χ2v) is 7.85. The van der Waals surface area contributed by atoms with Crippen LogP contribution < -0.4 is 9.47 Å². The summed E-state index contributed by atoms with van der Waals surface area (Å²) in [6, 6.07) is 4.68. The van der Waals surface area contributed by atoms with E-state index >= 15 is 0 Å². The first-order valence-corrected chi connectivity index (χ1v) is 7.74. The average molecular weight is 301 g/mol. The molecule has 1 rings (SSSR count). The molecule has 0 radical (unpaired) electrons. The topological polar surface area (TPSA) is 55.8 Å². The van der Waals surface area contributed by atoms with Crippen LogP contribution >= 0.6 is 0 Å². The van der Waals surface area contributed by atoms with Gasteiger partial charge in [-0.1, -0.05) is 20.8 Å². The standard InChI is InChI=1S/C14H23NO4S/c1-14(2,3)10-15(4)20(16,17)13-8-7-11(18-5)9-12(13)19-6/h7-9H,10H2,1-6H3. The molecule has 0 amide bonds. The van der Waals surface area contributed by atoms with Gasteiger partial charge in [0.05, 0.1) is 14.2 Å². The minimum Gasteiger partial charge on any atom is -0.497 e. The van der Waals surface area contributed by atoms with Crippen LogP contribution in [-0.4, -0.2) is 40.5 Å². The van der Waals surface area contributed by atoms with Gasteiger partial charge in [0.1, 0.15) is 16.4 Å². The molecule has 0 atom stereocenters. The van der Waals surface area contributed by atoms with E-state index in [9.17, 15) is 8.42 Å². The van der Waals surface area contributed by atoms with Crippen LogP contribution in [0.4, 0.5) is 0 Å². The minimum atomic E-state index is -3.59. The zero-order chi connectivity index (χ0) is 15.6. The number of methoxy groups -OCH3 is 2. The van der Waals surface area contributed by atoms with Gasteiger partial charge in [-0.25, -0.2) is 12.7 Å². The van der Waals surface area contributed by atoms with Gasteiger partial charge in [0, 0.05) is 19.7 Å². The Hall–Kier alpha value is -1.27. The highest BCUT2D eigenvalue weighted by molar-refractivity contribution is 7.89. The molecule has 0 fully saturated rings. The molecule has 0 aliphatic carbocycles. The monoisotopic (exact) mass is 301 g/mol. The van der Waals surface area contributed by atoms with E-state index in [0.717, 1.165) is 0 Å². The Bertz CT molecular complexity index is 561. The van der Waals surface area contributed by atoms with Gasteiger partial charge in [-0.2, -0.15) is 0 Å². The van der Waals surface area contributed by atoms with E-state index in [2.05, 4.69) is 0 Å². The van der Waals surface area contributed by atoms with Crippen LogP contribution in [0.3, 0.4) is 0 Å². The van der Waals surface area contributed by atoms with E-state index in [1.807, 2.05) is 20.8 Å². The summed E-state index contributed by atoms with van der Waals surface area (Å²) in [5, 5.41) is 0. The van der Waals surface area contributed by atoms with Crippen LogP contribution in [0.15, 0.2) is 23.1 Å². The molecule has 0 aromatic heterocycles. The van der Waals surface area contributed by atoms with Gasteiger partial charge >= 0.3 is 0 Å². The fourth-order valence-corrected chi connectivity index (χ4v) is 3.44. The highest BCUT2D eigenvalue weighted by Gasteiger charge is 2.28. The Kier molecular flexibility index (Phi) is 5.05. The Morgan fingerprint density at radius 2 is 1.75 bits per heavy atom. The smallest absolute Gasteiger partial charge is 0.246 e. The first-order chi connectivity index (χ1) is 9.11. The summed E-state index contributed by atoms with van der Waals surface area (Å²) >= 11 is 0. The van der Waals surface area contributed by atoms with E-state index in [0.29, 0.717) is 12.3 Å². The van der Waals surface area contributed by atoms with Crippen LogP contribution in [0.2, 0.25) is 0 Å². The van der Waals surface area contributed by atoms with E-state index in [1.54, 1.807) is 19.2 Å². The lowest BCUT2D eigenvalue weighted by atomic mass is 9.97. The van der Waals surface area contributed by atoms with Gasteiger partial charge in [-0.05, 0) is 17.5 Å². The molecule has 0 saturated carbocycles. The number of rotatable bonds is 5. The second kappa shape index (κ2) is 6.01. The molecule has 0 saturated heterocycles. The number of hydrogen-bond acceptors (Lipinski definition) is 4. The maximum atomic E-state index is 12.6. The molecule has 114 valence electrons. The molecular formula is C14H23NO4S. The highest BCUT2D eigenvalue weighted by atomic mass is 32.2. The summed E-state index contributed by atoms with van der Waals surface area (Å²) < 4.78 is 36.8. The predicted octanol–water partition coefficient (Wildman–Crippen LogP) is 2.37. The summed E-state index contributed by atoms with van der Waals surface area (Å²) in [5.74, 6) is 0.837. The summed E-state index contributed by atoms with van der Waals surface area (Å²) in [6.45, 7) is 6.39. The third-order valence-electron chi connectivity index (χ3n) is 2.76. The molecule has 0 unspecified atom stereocenters. The molecule has 0 N–H and O–H groups in total. The molecule has 1 aromatic rings.